The van der Waals surface area contributed by atoms with Gasteiger partial charge in [-0.1, -0.05) is 33.6 Å². The van der Waals surface area contributed by atoms with E-state index in [0.29, 0.717) is 11.8 Å². The van der Waals surface area contributed by atoms with Crippen LogP contribution in [-0.4, -0.2) is 22.4 Å². The van der Waals surface area contributed by atoms with Gasteiger partial charge in [0.15, 0.2) is 0 Å². The van der Waals surface area contributed by atoms with Crippen LogP contribution in [0.15, 0.2) is 0 Å². The van der Waals surface area contributed by atoms with Crippen molar-refractivity contribution in [1.82, 2.24) is 0 Å². The highest BCUT2D eigenvalue weighted by Gasteiger charge is 2.32. The third-order valence-corrected chi connectivity index (χ3v) is 4.10. The summed E-state index contributed by atoms with van der Waals surface area (Å²) in [4.78, 5) is 0. The molecule has 0 aromatic rings. The zero-order chi connectivity index (χ0) is 11.4. The molecule has 1 saturated carbocycles. The Morgan fingerprint density at radius 3 is 2.33 bits per heavy atom. The minimum atomic E-state index is -0.513. The van der Waals surface area contributed by atoms with Crippen molar-refractivity contribution in [1.29, 1.82) is 0 Å². The maximum atomic E-state index is 10.0. The van der Waals surface area contributed by atoms with Crippen LogP contribution in [0.25, 0.3) is 0 Å². The number of aliphatic hydroxyl groups excluding tert-OH is 2. The molecule has 5 unspecified atom stereocenters. The molecule has 1 fully saturated rings. The van der Waals surface area contributed by atoms with E-state index < -0.39 is 12.2 Å². The predicted octanol–water partition coefficient (Wildman–Crippen LogP) is 2.58. The second-order valence-electron chi connectivity index (χ2n) is 5.37. The number of hydrogen-bond donors (Lipinski definition) is 2. The lowest BCUT2D eigenvalue weighted by atomic mass is 9.73. The highest BCUT2D eigenvalue weighted by molar-refractivity contribution is 4.83. The van der Waals surface area contributed by atoms with Crippen molar-refractivity contribution in [2.24, 2.45) is 17.8 Å². The molecule has 1 rings (SSSR count). The van der Waals surface area contributed by atoms with E-state index in [0.717, 1.165) is 31.6 Å². The quantitative estimate of drug-likeness (QED) is 0.755. The molecule has 2 nitrogen and oxygen atoms in total. The largest absolute Gasteiger partial charge is 0.390 e. The standard InChI is InChI=1S/C13H26O2/c1-4-5-12(14)13(15)11-7-6-9(2)10(3)8-11/h9-15H,4-8H2,1-3H3. The van der Waals surface area contributed by atoms with Crippen molar-refractivity contribution in [2.75, 3.05) is 0 Å². The van der Waals surface area contributed by atoms with Gasteiger partial charge in [0.2, 0.25) is 0 Å². The summed E-state index contributed by atoms with van der Waals surface area (Å²) in [5.41, 5.74) is 0. The molecule has 0 aliphatic heterocycles. The maximum absolute atomic E-state index is 10.0. The Morgan fingerprint density at radius 2 is 1.80 bits per heavy atom. The molecule has 0 saturated heterocycles. The topological polar surface area (TPSA) is 40.5 Å². The molecule has 0 aromatic carbocycles. The fourth-order valence-electron chi connectivity index (χ4n) is 2.68. The first-order valence-corrected chi connectivity index (χ1v) is 6.42. The van der Waals surface area contributed by atoms with Crippen molar-refractivity contribution in [3.63, 3.8) is 0 Å². The van der Waals surface area contributed by atoms with Crippen LogP contribution < -0.4 is 0 Å². The summed E-state index contributed by atoms with van der Waals surface area (Å²) in [7, 11) is 0. The van der Waals surface area contributed by atoms with E-state index in [1.165, 1.54) is 6.42 Å². The molecule has 1 aliphatic carbocycles. The Balaban J connectivity index is 2.43. The summed E-state index contributed by atoms with van der Waals surface area (Å²) in [6.07, 6.45) is 4.00. The van der Waals surface area contributed by atoms with Crippen LogP contribution in [-0.2, 0) is 0 Å². The van der Waals surface area contributed by atoms with E-state index in [-0.39, 0.29) is 0 Å². The van der Waals surface area contributed by atoms with Crippen LogP contribution >= 0.6 is 0 Å². The average molecular weight is 214 g/mol. The molecule has 0 heterocycles. The molecule has 0 aromatic heterocycles. The van der Waals surface area contributed by atoms with E-state index in [2.05, 4.69) is 13.8 Å². The van der Waals surface area contributed by atoms with Crippen molar-refractivity contribution in [3.8, 4) is 0 Å². The fourth-order valence-corrected chi connectivity index (χ4v) is 2.68. The zero-order valence-corrected chi connectivity index (χ0v) is 10.3. The molecular formula is C13H26O2. The smallest absolute Gasteiger partial charge is 0.0827 e. The van der Waals surface area contributed by atoms with Gasteiger partial charge in [0.05, 0.1) is 12.2 Å². The summed E-state index contributed by atoms with van der Waals surface area (Å²) in [5, 5.41) is 19.8. The van der Waals surface area contributed by atoms with Crippen molar-refractivity contribution < 1.29 is 10.2 Å². The number of rotatable bonds is 4. The molecule has 2 N–H and O–H groups in total. The van der Waals surface area contributed by atoms with Gasteiger partial charge >= 0.3 is 0 Å². The van der Waals surface area contributed by atoms with Gasteiger partial charge in [-0.2, -0.15) is 0 Å². The molecule has 0 amide bonds. The van der Waals surface area contributed by atoms with Gasteiger partial charge in [-0.15, -0.1) is 0 Å². The first-order valence-electron chi connectivity index (χ1n) is 6.42. The van der Waals surface area contributed by atoms with Crippen LogP contribution in [0.4, 0.5) is 0 Å². The molecule has 0 spiro atoms. The summed E-state index contributed by atoms with van der Waals surface area (Å²) < 4.78 is 0. The van der Waals surface area contributed by atoms with Gasteiger partial charge < -0.3 is 10.2 Å². The van der Waals surface area contributed by atoms with Gasteiger partial charge in [0.25, 0.3) is 0 Å². The van der Waals surface area contributed by atoms with E-state index in [9.17, 15) is 10.2 Å². The Labute approximate surface area is 93.7 Å². The van der Waals surface area contributed by atoms with Gasteiger partial charge in [-0.3, -0.25) is 0 Å². The van der Waals surface area contributed by atoms with Crippen LogP contribution in [0, 0.1) is 17.8 Å². The Hall–Kier alpha value is -0.0800. The van der Waals surface area contributed by atoms with Crippen LogP contribution in [0.1, 0.15) is 52.9 Å². The predicted molar refractivity (Wildman–Crippen MR) is 62.6 cm³/mol. The van der Waals surface area contributed by atoms with Crippen molar-refractivity contribution in [3.05, 3.63) is 0 Å². The Kier molecular flexibility index (Phi) is 5.07. The third-order valence-electron chi connectivity index (χ3n) is 4.10. The lowest BCUT2D eigenvalue weighted by molar-refractivity contribution is -0.0407. The second-order valence-corrected chi connectivity index (χ2v) is 5.37. The van der Waals surface area contributed by atoms with Crippen LogP contribution in [0.2, 0.25) is 0 Å². The van der Waals surface area contributed by atoms with Gasteiger partial charge in [-0.25, -0.2) is 0 Å². The lowest BCUT2D eigenvalue weighted by Gasteiger charge is -2.36. The van der Waals surface area contributed by atoms with E-state index in [4.69, 9.17) is 0 Å². The molecule has 0 bridgehead atoms. The number of hydrogen-bond acceptors (Lipinski definition) is 2. The Bertz CT molecular complexity index is 181. The highest BCUT2D eigenvalue weighted by atomic mass is 16.3. The monoisotopic (exact) mass is 214 g/mol. The average Bonchev–Trinajstić information content (AvgIpc) is 2.21. The minimum absolute atomic E-state index is 0.317. The van der Waals surface area contributed by atoms with Crippen molar-refractivity contribution in [2.45, 2.75) is 65.1 Å². The minimum Gasteiger partial charge on any atom is -0.390 e. The second kappa shape index (κ2) is 5.86. The first-order chi connectivity index (χ1) is 7.06. The zero-order valence-electron chi connectivity index (χ0n) is 10.3. The van der Waals surface area contributed by atoms with Crippen LogP contribution in [0.5, 0.6) is 0 Å². The first kappa shape index (κ1) is 13.0. The fraction of sp³-hybridized carbons (Fsp3) is 1.00. The van der Waals surface area contributed by atoms with E-state index in [1.54, 1.807) is 0 Å². The van der Waals surface area contributed by atoms with Gasteiger partial charge in [0, 0.05) is 0 Å². The van der Waals surface area contributed by atoms with Crippen LogP contribution in [0.3, 0.4) is 0 Å². The van der Waals surface area contributed by atoms with E-state index in [1.807, 2.05) is 6.92 Å². The molecule has 5 atom stereocenters. The normalized spacial score (nSPS) is 36.2. The summed E-state index contributed by atoms with van der Waals surface area (Å²) in [6.45, 7) is 6.59. The Morgan fingerprint density at radius 1 is 1.13 bits per heavy atom. The van der Waals surface area contributed by atoms with Crippen molar-refractivity contribution >= 4 is 0 Å². The summed E-state index contributed by atoms with van der Waals surface area (Å²) >= 11 is 0. The number of aliphatic hydroxyl groups is 2. The molecule has 90 valence electrons. The third kappa shape index (κ3) is 3.46. The maximum Gasteiger partial charge on any atom is 0.0827 e. The van der Waals surface area contributed by atoms with Gasteiger partial charge in [0.1, 0.15) is 0 Å². The molecular weight excluding hydrogens is 188 g/mol. The SMILES string of the molecule is CCCC(O)C(O)C1CCC(C)C(C)C1. The summed E-state index contributed by atoms with van der Waals surface area (Å²) in [6, 6.07) is 0. The molecule has 1 aliphatic rings. The lowest BCUT2D eigenvalue weighted by Crippen LogP contribution is -2.37. The molecule has 2 heteroatoms. The summed E-state index contributed by atoms with van der Waals surface area (Å²) in [5.74, 6) is 1.78. The highest BCUT2D eigenvalue weighted by Crippen LogP contribution is 2.36. The van der Waals surface area contributed by atoms with E-state index >= 15 is 0 Å². The molecule has 15 heavy (non-hydrogen) atoms. The van der Waals surface area contributed by atoms with Gasteiger partial charge in [-0.05, 0) is 37.0 Å². The molecule has 0 radical (unpaired) electrons.